The summed E-state index contributed by atoms with van der Waals surface area (Å²) in [5.74, 6) is 4.97. The van der Waals surface area contributed by atoms with Crippen LogP contribution in [-0.2, 0) is 12.8 Å². The molecule has 0 aliphatic carbocycles. The minimum Gasteiger partial charge on any atom is -0.486 e. The Balaban J connectivity index is 1.97. The van der Waals surface area contributed by atoms with Crippen LogP contribution in [0.4, 0.5) is 13.2 Å². The molecule has 2 aromatic rings. The monoisotopic (exact) mass is 300 g/mol. The molecule has 0 bridgehead atoms. The van der Waals surface area contributed by atoms with Gasteiger partial charge in [-0.05, 0) is 36.4 Å². The summed E-state index contributed by atoms with van der Waals surface area (Å²) >= 11 is 0. The van der Waals surface area contributed by atoms with Crippen LogP contribution in [0.1, 0.15) is 21.9 Å². The minimum atomic E-state index is -4.38. The van der Waals surface area contributed by atoms with Crippen molar-refractivity contribution < 1.29 is 27.1 Å². The van der Waals surface area contributed by atoms with Crippen molar-refractivity contribution in [1.29, 1.82) is 0 Å². The van der Waals surface area contributed by atoms with Crippen molar-refractivity contribution in [3.05, 3.63) is 53.5 Å². The predicted octanol–water partition coefficient (Wildman–Crippen LogP) is 2.48. The largest absolute Gasteiger partial charge is 0.486 e. The summed E-state index contributed by atoms with van der Waals surface area (Å²) < 4.78 is 47.5. The third-order valence-corrected chi connectivity index (χ3v) is 2.58. The van der Waals surface area contributed by atoms with Crippen LogP contribution in [0.3, 0.4) is 0 Å². The van der Waals surface area contributed by atoms with E-state index in [4.69, 9.17) is 15.0 Å². The molecule has 112 valence electrons. The molecule has 1 aromatic heterocycles. The number of nitrogen functional groups attached to an aromatic ring is 1. The average molecular weight is 300 g/mol. The zero-order chi connectivity index (χ0) is 15.5. The fraction of sp³-hybridized carbons (Fsp3) is 0.154. The molecule has 21 heavy (non-hydrogen) atoms. The molecule has 1 heterocycles. The van der Waals surface area contributed by atoms with Gasteiger partial charge >= 0.3 is 12.1 Å². The van der Waals surface area contributed by atoms with E-state index in [1.54, 1.807) is 0 Å². The first kappa shape index (κ1) is 14.9. The number of carbonyl (C=O) groups excluding carboxylic acids is 1. The van der Waals surface area contributed by atoms with Crippen molar-refractivity contribution in [3.63, 3.8) is 0 Å². The highest BCUT2D eigenvalue weighted by atomic mass is 19.4. The number of amides is 1. The average Bonchev–Trinajstić information content (AvgIpc) is 2.92. The van der Waals surface area contributed by atoms with E-state index in [1.165, 1.54) is 24.3 Å². The second kappa shape index (κ2) is 5.88. The highest BCUT2D eigenvalue weighted by Crippen LogP contribution is 2.30. The summed E-state index contributed by atoms with van der Waals surface area (Å²) in [6, 6.07) is 7.18. The molecule has 3 N–H and O–H groups in total. The Labute approximate surface area is 117 Å². The fourth-order valence-corrected chi connectivity index (χ4v) is 1.54. The first-order chi connectivity index (χ1) is 9.90. The topological polar surface area (TPSA) is 77.5 Å². The molecule has 1 amide bonds. The van der Waals surface area contributed by atoms with Crippen LogP contribution in [0, 0.1) is 0 Å². The number of halogens is 3. The van der Waals surface area contributed by atoms with Gasteiger partial charge in [-0.25, -0.2) is 5.84 Å². The number of nitrogens with one attached hydrogen (secondary N) is 1. The Morgan fingerprint density at radius 3 is 2.43 bits per heavy atom. The van der Waals surface area contributed by atoms with E-state index in [0.29, 0.717) is 5.76 Å². The van der Waals surface area contributed by atoms with Crippen LogP contribution in [0.2, 0.25) is 0 Å². The van der Waals surface area contributed by atoms with E-state index in [2.05, 4.69) is 0 Å². The number of alkyl halides is 3. The van der Waals surface area contributed by atoms with E-state index < -0.39 is 17.6 Å². The molecule has 0 aliphatic rings. The van der Waals surface area contributed by atoms with Gasteiger partial charge in [-0.15, -0.1) is 0 Å². The lowest BCUT2D eigenvalue weighted by atomic mass is 10.2. The molecule has 0 saturated carbocycles. The summed E-state index contributed by atoms with van der Waals surface area (Å²) in [4.78, 5) is 11.2. The highest BCUT2D eigenvalue weighted by Gasteiger charge is 2.30. The van der Waals surface area contributed by atoms with E-state index >= 15 is 0 Å². The Morgan fingerprint density at radius 1 is 1.19 bits per heavy atom. The SMILES string of the molecule is NNC(=O)c1ccc(COc2ccc(C(F)(F)F)cc2)o1. The molecule has 8 heteroatoms. The lowest BCUT2D eigenvalue weighted by Gasteiger charge is -2.08. The smallest absolute Gasteiger partial charge is 0.416 e. The predicted molar refractivity (Wildman–Crippen MR) is 66.1 cm³/mol. The Hall–Kier alpha value is -2.48. The number of ether oxygens (including phenoxy) is 1. The molecule has 0 fully saturated rings. The molecule has 0 aliphatic heterocycles. The van der Waals surface area contributed by atoms with Crippen LogP contribution >= 0.6 is 0 Å². The van der Waals surface area contributed by atoms with Gasteiger partial charge in [0, 0.05) is 0 Å². The standard InChI is InChI=1S/C13H11F3N2O3/c14-13(15,16)8-1-3-9(4-2-8)20-7-10-5-6-11(21-10)12(19)18-17/h1-6H,7,17H2,(H,18,19). The maximum atomic E-state index is 12.4. The van der Waals surface area contributed by atoms with Crippen molar-refractivity contribution >= 4 is 5.91 Å². The maximum Gasteiger partial charge on any atom is 0.416 e. The molecular weight excluding hydrogens is 289 g/mol. The maximum absolute atomic E-state index is 12.4. The van der Waals surface area contributed by atoms with Gasteiger partial charge in [0.15, 0.2) is 5.76 Å². The molecule has 0 atom stereocenters. The van der Waals surface area contributed by atoms with Crippen LogP contribution < -0.4 is 16.0 Å². The molecule has 5 nitrogen and oxygen atoms in total. The number of hydrogen-bond acceptors (Lipinski definition) is 4. The van der Waals surface area contributed by atoms with Crippen LogP contribution in [-0.4, -0.2) is 5.91 Å². The summed E-state index contributed by atoms with van der Waals surface area (Å²) in [6.45, 7) is -0.0246. The number of carbonyl (C=O) groups is 1. The van der Waals surface area contributed by atoms with Gasteiger partial charge in [0.1, 0.15) is 18.1 Å². The number of nitrogens with two attached hydrogens (primary N) is 1. The number of hydrazine groups is 1. The third-order valence-electron chi connectivity index (χ3n) is 2.58. The molecule has 1 aromatic carbocycles. The fourth-order valence-electron chi connectivity index (χ4n) is 1.54. The summed E-state index contributed by atoms with van der Waals surface area (Å²) in [5.41, 5.74) is 1.15. The Kier molecular flexibility index (Phi) is 4.18. The second-order valence-electron chi connectivity index (χ2n) is 4.05. The Morgan fingerprint density at radius 2 is 1.86 bits per heavy atom. The van der Waals surface area contributed by atoms with Crippen molar-refractivity contribution in [2.75, 3.05) is 0 Å². The summed E-state index contributed by atoms with van der Waals surface area (Å²) in [7, 11) is 0. The zero-order valence-electron chi connectivity index (χ0n) is 10.6. The lowest BCUT2D eigenvalue weighted by molar-refractivity contribution is -0.137. The third kappa shape index (κ3) is 3.76. The highest BCUT2D eigenvalue weighted by molar-refractivity contribution is 5.90. The van der Waals surface area contributed by atoms with Crippen molar-refractivity contribution in [2.24, 2.45) is 5.84 Å². The molecule has 0 radical (unpaired) electrons. The summed E-state index contributed by atoms with van der Waals surface area (Å²) in [6.07, 6.45) is -4.38. The quantitative estimate of drug-likeness (QED) is 0.516. The van der Waals surface area contributed by atoms with E-state index in [1.807, 2.05) is 5.43 Å². The Bertz CT molecular complexity index is 620. The molecule has 0 spiro atoms. The minimum absolute atomic E-state index is 0.0171. The van der Waals surface area contributed by atoms with Gasteiger partial charge in [-0.1, -0.05) is 0 Å². The van der Waals surface area contributed by atoms with Gasteiger partial charge < -0.3 is 9.15 Å². The molecule has 0 unspecified atom stereocenters. The first-order valence-corrected chi connectivity index (χ1v) is 5.80. The molecule has 2 rings (SSSR count). The van der Waals surface area contributed by atoms with Crippen molar-refractivity contribution in [1.82, 2.24) is 5.43 Å². The van der Waals surface area contributed by atoms with Crippen LogP contribution in [0.5, 0.6) is 5.75 Å². The van der Waals surface area contributed by atoms with Gasteiger partial charge in [0.2, 0.25) is 0 Å². The van der Waals surface area contributed by atoms with Crippen molar-refractivity contribution in [2.45, 2.75) is 12.8 Å². The van der Waals surface area contributed by atoms with E-state index in [0.717, 1.165) is 12.1 Å². The molecule has 0 saturated heterocycles. The van der Waals surface area contributed by atoms with Gasteiger partial charge in [0.05, 0.1) is 5.56 Å². The zero-order valence-corrected chi connectivity index (χ0v) is 10.6. The number of furan rings is 1. The number of hydrogen-bond donors (Lipinski definition) is 2. The van der Waals surface area contributed by atoms with E-state index in [9.17, 15) is 18.0 Å². The first-order valence-electron chi connectivity index (χ1n) is 5.80. The summed E-state index contributed by atoms with van der Waals surface area (Å²) in [5, 5.41) is 0. The second-order valence-corrected chi connectivity index (χ2v) is 4.05. The number of rotatable bonds is 4. The molecular formula is C13H11F3N2O3. The van der Waals surface area contributed by atoms with Crippen LogP contribution in [0.25, 0.3) is 0 Å². The lowest BCUT2D eigenvalue weighted by Crippen LogP contribution is -2.29. The normalized spacial score (nSPS) is 11.2. The van der Waals surface area contributed by atoms with Crippen molar-refractivity contribution in [3.8, 4) is 5.75 Å². The van der Waals surface area contributed by atoms with E-state index in [-0.39, 0.29) is 18.1 Å². The van der Waals surface area contributed by atoms with Gasteiger partial charge in [-0.2, -0.15) is 13.2 Å². The number of benzene rings is 1. The van der Waals surface area contributed by atoms with Gasteiger partial charge in [-0.3, -0.25) is 10.2 Å². The van der Waals surface area contributed by atoms with Gasteiger partial charge in [0.25, 0.3) is 0 Å². The van der Waals surface area contributed by atoms with Crippen LogP contribution in [0.15, 0.2) is 40.8 Å².